The van der Waals surface area contributed by atoms with Crippen molar-refractivity contribution in [1.29, 1.82) is 0 Å². The lowest BCUT2D eigenvalue weighted by molar-refractivity contribution is -0.137. The second-order valence-corrected chi connectivity index (χ2v) is 11.2. The summed E-state index contributed by atoms with van der Waals surface area (Å²) in [7, 11) is 0. The lowest BCUT2D eigenvalue weighted by Gasteiger charge is -2.41. The largest absolute Gasteiger partial charge is 0.340 e. The predicted molar refractivity (Wildman–Crippen MR) is 137 cm³/mol. The molecule has 2 amide bonds. The Morgan fingerprint density at radius 1 is 1.03 bits per heavy atom. The van der Waals surface area contributed by atoms with E-state index in [1.54, 1.807) is 6.07 Å². The Labute approximate surface area is 210 Å². The molecule has 1 aromatic heterocycles. The summed E-state index contributed by atoms with van der Waals surface area (Å²) in [6.07, 6.45) is 7.22. The molecule has 5 rings (SSSR count). The van der Waals surface area contributed by atoms with Crippen molar-refractivity contribution in [2.24, 2.45) is 5.92 Å². The number of aryl methyl sites for hydroxylation is 1. The van der Waals surface area contributed by atoms with Gasteiger partial charge in [0.1, 0.15) is 0 Å². The number of ketones is 1. The summed E-state index contributed by atoms with van der Waals surface area (Å²) >= 11 is 1.22. The Kier molecular flexibility index (Phi) is 7.02. The van der Waals surface area contributed by atoms with E-state index in [0.29, 0.717) is 33.7 Å². The summed E-state index contributed by atoms with van der Waals surface area (Å²) in [5.41, 5.74) is 3.22. The van der Waals surface area contributed by atoms with Crippen molar-refractivity contribution in [3.63, 3.8) is 0 Å². The number of hydrogen-bond acceptors (Lipinski definition) is 6. The first-order valence-electron chi connectivity index (χ1n) is 12.8. The molecular weight excluding hydrogens is 460 g/mol. The number of fused-ring (bicyclic) bond motifs is 1. The highest BCUT2D eigenvalue weighted by molar-refractivity contribution is 7.17. The molecule has 35 heavy (non-hydrogen) atoms. The maximum atomic E-state index is 13.3. The topological polar surface area (TPSA) is 82.6 Å². The highest BCUT2D eigenvalue weighted by Crippen LogP contribution is 2.34. The van der Waals surface area contributed by atoms with Crippen LogP contribution in [0.2, 0.25) is 0 Å². The van der Waals surface area contributed by atoms with Gasteiger partial charge >= 0.3 is 0 Å². The van der Waals surface area contributed by atoms with E-state index in [0.717, 1.165) is 37.3 Å². The van der Waals surface area contributed by atoms with Gasteiger partial charge in [-0.3, -0.25) is 24.6 Å². The number of hydrogen-bond donors (Lipinski definition) is 1. The number of anilines is 1. The molecule has 1 saturated carbocycles. The third-order valence-electron chi connectivity index (χ3n) is 7.96. The Hall–Kier alpha value is -2.58. The van der Waals surface area contributed by atoms with Gasteiger partial charge in [-0.05, 0) is 43.9 Å². The maximum Gasteiger partial charge on any atom is 0.257 e. The van der Waals surface area contributed by atoms with Crippen molar-refractivity contribution < 1.29 is 14.4 Å². The smallest absolute Gasteiger partial charge is 0.257 e. The summed E-state index contributed by atoms with van der Waals surface area (Å²) in [6, 6.07) is 6.30. The Balaban J connectivity index is 1.21. The van der Waals surface area contributed by atoms with Crippen molar-refractivity contribution in [2.45, 2.75) is 64.8 Å². The summed E-state index contributed by atoms with van der Waals surface area (Å²) in [6.45, 7) is 7.22. The van der Waals surface area contributed by atoms with Gasteiger partial charge in [0.25, 0.3) is 5.91 Å². The molecule has 1 unspecified atom stereocenters. The minimum absolute atomic E-state index is 0.0461. The number of carbonyl (C=O) groups is 3. The zero-order chi connectivity index (χ0) is 24.5. The summed E-state index contributed by atoms with van der Waals surface area (Å²) in [5.74, 6) is -0.564. The molecule has 2 fully saturated rings. The molecule has 2 heterocycles. The fraction of sp³-hybridized carbons (Fsp3) is 0.556. The average molecular weight is 495 g/mol. The normalized spacial score (nSPS) is 21.6. The van der Waals surface area contributed by atoms with Crippen molar-refractivity contribution in [3.05, 3.63) is 45.5 Å². The van der Waals surface area contributed by atoms with Gasteiger partial charge in [-0.25, -0.2) is 4.98 Å². The Bertz CT molecular complexity index is 1130. The first kappa shape index (κ1) is 24.1. The van der Waals surface area contributed by atoms with Crippen molar-refractivity contribution in [2.75, 3.05) is 31.5 Å². The number of benzene rings is 1. The fourth-order valence-corrected chi connectivity index (χ4v) is 6.67. The Morgan fingerprint density at radius 2 is 1.77 bits per heavy atom. The van der Waals surface area contributed by atoms with Crippen LogP contribution in [0, 0.1) is 19.8 Å². The van der Waals surface area contributed by atoms with Gasteiger partial charge in [0, 0.05) is 50.6 Å². The van der Waals surface area contributed by atoms with Crippen molar-refractivity contribution >= 4 is 34.1 Å². The van der Waals surface area contributed by atoms with Gasteiger partial charge in [0.15, 0.2) is 10.9 Å². The quantitative estimate of drug-likeness (QED) is 0.688. The lowest BCUT2D eigenvalue weighted by atomic mass is 9.88. The third-order valence-corrected chi connectivity index (χ3v) is 9.01. The van der Waals surface area contributed by atoms with Crippen LogP contribution < -0.4 is 5.32 Å². The third kappa shape index (κ3) is 5.05. The average Bonchev–Trinajstić information content (AvgIpc) is 3.29. The number of carbonyl (C=O) groups excluding carboxylic acids is 3. The number of thiazole rings is 1. The molecule has 1 atom stereocenters. The summed E-state index contributed by atoms with van der Waals surface area (Å²) in [4.78, 5) is 48.6. The molecule has 186 valence electrons. The number of amides is 2. The van der Waals surface area contributed by atoms with Crippen LogP contribution >= 0.6 is 11.3 Å². The molecule has 1 N–H and O–H groups in total. The van der Waals surface area contributed by atoms with E-state index in [1.165, 1.54) is 43.4 Å². The SMILES string of the molecule is Cc1cccc(C(=O)Nc2nc3c(s2)C(=O)CC(C(=O)N2CCN(C4CCCCC4)CC2)C3)c1C. The van der Waals surface area contributed by atoms with Gasteiger partial charge in [-0.15, -0.1) is 0 Å². The zero-order valence-corrected chi connectivity index (χ0v) is 21.5. The number of rotatable bonds is 4. The van der Waals surface area contributed by atoms with Gasteiger partial charge in [-0.1, -0.05) is 42.7 Å². The van der Waals surface area contributed by atoms with E-state index in [-0.39, 0.29) is 29.9 Å². The molecule has 0 bridgehead atoms. The minimum atomic E-state index is -0.360. The number of Topliss-reactive ketones (excluding diaryl/α,β-unsaturated/α-hetero) is 1. The molecule has 0 radical (unpaired) electrons. The second-order valence-electron chi connectivity index (χ2n) is 10.2. The molecule has 7 nitrogen and oxygen atoms in total. The highest BCUT2D eigenvalue weighted by atomic mass is 32.1. The van der Waals surface area contributed by atoms with Gasteiger partial charge in [0.2, 0.25) is 5.91 Å². The monoisotopic (exact) mass is 494 g/mol. The van der Waals surface area contributed by atoms with E-state index in [1.807, 2.05) is 30.9 Å². The van der Waals surface area contributed by atoms with E-state index in [9.17, 15) is 14.4 Å². The highest BCUT2D eigenvalue weighted by Gasteiger charge is 2.36. The zero-order valence-electron chi connectivity index (χ0n) is 20.6. The van der Waals surface area contributed by atoms with Crippen LogP contribution in [-0.4, -0.2) is 64.6 Å². The first-order chi connectivity index (χ1) is 16.9. The van der Waals surface area contributed by atoms with Crippen LogP contribution in [0.1, 0.15) is 75.4 Å². The van der Waals surface area contributed by atoms with E-state index in [4.69, 9.17) is 0 Å². The number of piperazine rings is 1. The molecule has 1 aromatic carbocycles. The van der Waals surface area contributed by atoms with E-state index < -0.39 is 0 Å². The maximum absolute atomic E-state index is 13.3. The van der Waals surface area contributed by atoms with Crippen molar-refractivity contribution in [1.82, 2.24) is 14.8 Å². The van der Waals surface area contributed by atoms with Crippen LogP contribution in [-0.2, 0) is 11.2 Å². The van der Waals surface area contributed by atoms with Gasteiger partial charge in [0.05, 0.1) is 16.5 Å². The van der Waals surface area contributed by atoms with Crippen LogP contribution in [0.25, 0.3) is 0 Å². The van der Waals surface area contributed by atoms with E-state index >= 15 is 0 Å². The first-order valence-corrected chi connectivity index (χ1v) is 13.7. The molecule has 1 aliphatic heterocycles. The molecule has 3 aliphatic rings. The van der Waals surface area contributed by atoms with Crippen LogP contribution in [0.5, 0.6) is 0 Å². The lowest BCUT2D eigenvalue weighted by Crippen LogP contribution is -2.54. The second kappa shape index (κ2) is 10.2. The molecule has 0 spiro atoms. The van der Waals surface area contributed by atoms with Crippen LogP contribution in [0.4, 0.5) is 5.13 Å². The van der Waals surface area contributed by atoms with Gasteiger partial charge < -0.3 is 4.90 Å². The summed E-state index contributed by atoms with van der Waals surface area (Å²) in [5, 5.41) is 3.28. The molecular formula is C27H34N4O3S. The minimum Gasteiger partial charge on any atom is -0.340 e. The van der Waals surface area contributed by atoms with E-state index in [2.05, 4.69) is 15.2 Å². The Morgan fingerprint density at radius 3 is 2.51 bits per heavy atom. The molecule has 2 aromatic rings. The van der Waals surface area contributed by atoms with Crippen LogP contribution in [0.3, 0.4) is 0 Å². The van der Waals surface area contributed by atoms with Crippen LogP contribution in [0.15, 0.2) is 18.2 Å². The predicted octanol–water partition coefficient (Wildman–Crippen LogP) is 4.23. The fourth-order valence-electron chi connectivity index (χ4n) is 5.73. The van der Waals surface area contributed by atoms with Gasteiger partial charge in [-0.2, -0.15) is 0 Å². The molecule has 1 saturated heterocycles. The number of nitrogens with one attached hydrogen (secondary N) is 1. The molecule has 2 aliphatic carbocycles. The van der Waals surface area contributed by atoms with Crippen molar-refractivity contribution in [3.8, 4) is 0 Å². The number of nitrogens with zero attached hydrogens (tertiary/aromatic N) is 3. The number of aromatic nitrogens is 1. The molecule has 8 heteroatoms. The summed E-state index contributed by atoms with van der Waals surface area (Å²) < 4.78 is 0. The standard InChI is InChI=1S/C27H34N4O3S/c1-17-7-6-10-21(18(17)2)25(33)29-27-28-22-15-19(16-23(32)24(22)35-27)26(34)31-13-11-30(12-14-31)20-8-4-3-5-9-20/h6-7,10,19-20H,3-5,8-9,11-16H2,1-2H3,(H,28,29,33).